The van der Waals surface area contributed by atoms with Gasteiger partial charge >= 0.3 is 0 Å². The number of fused-ring (bicyclic) bond motifs is 1. The molecule has 1 saturated heterocycles. The van der Waals surface area contributed by atoms with Crippen LogP contribution in [0.15, 0.2) is 36.8 Å². The molecule has 3 aromatic rings. The van der Waals surface area contributed by atoms with Gasteiger partial charge in [-0.05, 0) is 38.0 Å². The average molecular weight is 373 g/mol. The predicted molar refractivity (Wildman–Crippen MR) is 102 cm³/mol. The van der Waals surface area contributed by atoms with Gasteiger partial charge in [0.1, 0.15) is 5.75 Å². The number of aliphatic hydroxyl groups excluding tert-OH is 1. The van der Waals surface area contributed by atoms with Crippen LogP contribution in [-0.2, 0) is 0 Å². The fourth-order valence-electron chi connectivity index (χ4n) is 3.39. The van der Waals surface area contributed by atoms with Crippen LogP contribution in [0.25, 0.3) is 16.9 Å². The van der Waals surface area contributed by atoms with E-state index in [0.29, 0.717) is 11.6 Å². The van der Waals surface area contributed by atoms with E-state index in [-0.39, 0.29) is 6.10 Å². The van der Waals surface area contributed by atoms with Crippen molar-refractivity contribution in [2.75, 3.05) is 24.6 Å². The molecule has 4 rings (SSSR count). The molecule has 0 radical (unpaired) electrons. The quantitative estimate of drug-likeness (QED) is 0.760. The van der Waals surface area contributed by atoms with Gasteiger partial charge in [-0.15, -0.1) is 0 Å². The van der Waals surface area contributed by atoms with Gasteiger partial charge < -0.3 is 14.7 Å². The number of ether oxygens (including phenoxy) is 1. The van der Waals surface area contributed by atoms with Gasteiger partial charge in [-0.3, -0.25) is 4.40 Å². The Hall–Kier alpha value is -2.31. The number of aliphatic hydroxyl groups is 1. The van der Waals surface area contributed by atoms with Gasteiger partial charge in [0.25, 0.3) is 0 Å². The summed E-state index contributed by atoms with van der Waals surface area (Å²) < 4.78 is 7.78. The molecule has 0 amide bonds. The number of aromatic nitrogens is 3. The van der Waals surface area contributed by atoms with Crippen LogP contribution in [0.1, 0.15) is 19.8 Å². The molecule has 1 aromatic carbocycles. The normalized spacial score (nSPS) is 15.6. The lowest BCUT2D eigenvalue weighted by Gasteiger charge is -2.30. The molecule has 7 heteroatoms. The number of imidazole rings is 1. The zero-order valence-electron chi connectivity index (χ0n) is 14.6. The topological polar surface area (TPSA) is 62.9 Å². The first-order valence-corrected chi connectivity index (χ1v) is 9.23. The Bertz CT molecular complexity index is 919. The lowest BCUT2D eigenvalue weighted by Crippen LogP contribution is -2.36. The van der Waals surface area contributed by atoms with Gasteiger partial charge in [0.2, 0.25) is 0 Å². The Morgan fingerprint density at radius 2 is 2.08 bits per heavy atom. The maximum atomic E-state index is 9.75. The van der Waals surface area contributed by atoms with Crippen molar-refractivity contribution >= 4 is 23.1 Å². The lowest BCUT2D eigenvalue weighted by molar-refractivity contribution is 0.145. The SMILES string of the molecule is CCOc1ccc(Cl)cc1-c1cnc2c(N3CCC(O)CC3)nccn12. The van der Waals surface area contributed by atoms with E-state index < -0.39 is 0 Å². The Kier molecular flexibility index (Phi) is 4.70. The minimum atomic E-state index is -0.221. The summed E-state index contributed by atoms with van der Waals surface area (Å²) in [6.45, 7) is 4.09. The van der Waals surface area contributed by atoms with Crippen molar-refractivity contribution < 1.29 is 9.84 Å². The van der Waals surface area contributed by atoms with Crippen molar-refractivity contribution in [3.05, 3.63) is 41.8 Å². The van der Waals surface area contributed by atoms with E-state index in [1.165, 1.54) is 0 Å². The fourth-order valence-corrected chi connectivity index (χ4v) is 3.56. The van der Waals surface area contributed by atoms with Crippen LogP contribution in [0.2, 0.25) is 5.02 Å². The van der Waals surface area contributed by atoms with Crippen LogP contribution in [-0.4, -0.2) is 45.3 Å². The van der Waals surface area contributed by atoms with Crippen LogP contribution in [0, 0.1) is 0 Å². The highest BCUT2D eigenvalue weighted by Crippen LogP contribution is 2.34. The van der Waals surface area contributed by atoms with Crippen molar-refractivity contribution in [2.24, 2.45) is 0 Å². The van der Waals surface area contributed by atoms with Gasteiger partial charge in [-0.2, -0.15) is 0 Å². The first-order chi connectivity index (χ1) is 12.7. The standard InChI is InChI=1S/C19H21ClN4O2/c1-2-26-17-4-3-13(20)11-15(17)16-12-22-19-18(21-7-10-24(16)19)23-8-5-14(25)6-9-23/h3-4,7,10-12,14,25H,2,5-6,8-9H2,1H3. The highest BCUT2D eigenvalue weighted by atomic mass is 35.5. The zero-order valence-corrected chi connectivity index (χ0v) is 15.4. The van der Waals surface area contributed by atoms with Crippen LogP contribution in [0.5, 0.6) is 5.75 Å². The van der Waals surface area contributed by atoms with E-state index in [1.54, 1.807) is 6.20 Å². The second kappa shape index (κ2) is 7.13. The molecule has 6 nitrogen and oxygen atoms in total. The first kappa shape index (κ1) is 17.1. The maximum Gasteiger partial charge on any atom is 0.180 e. The summed E-state index contributed by atoms with van der Waals surface area (Å²) in [6, 6.07) is 5.60. The lowest BCUT2D eigenvalue weighted by atomic mass is 10.1. The van der Waals surface area contributed by atoms with E-state index in [9.17, 15) is 5.11 Å². The minimum absolute atomic E-state index is 0.221. The van der Waals surface area contributed by atoms with Gasteiger partial charge in [-0.1, -0.05) is 11.6 Å². The van der Waals surface area contributed by atoms with E-state index in [0.717, 1.165) is 54.4 Å². The highest BCUT2D eigenvalue weighted by molar-refractivity contribution is 6.31. The minimum Gasteiger partial charge on any atom is -0.493 e. The van der Waals surface area contributed by atoms with E-state index in [1.807, 2.05) is 41.9 Å². The molecule has 3 heterocycles. The molecule has 26 heavy (non-hydrogen) atoms. The number of hydrogen-bond acceptors (Lipinski definition) is 5. The predicted octanol–water partition coefficient (Wildman–Crippen LogP) is 3.41. The van der Waals surface area contributed by atoms with Crippen molar-refractivity contribution in [3.8, 4) is 17.0 Å². The fraction of sp³-hybridized carbons (Fsp3) is 0.368. The van der Waals surface area contributed by atoms with Crippen LogP contribution < -0.4 is 9.64 Å². The maximum absolute atomic E-state index is 9.75. The Morgan fingerprint density at radius 1 is 1.27 bits per heavy atom. The summed E-state index contributed by atoms with van der Waals surface area (Å²) in [6.07, 6.45) is 6.78. The van der Waals surface area contributed by atoms with Crippen LogP contribution in [0.4, 0.5) is 5.82 Å². The summed E-state index contributed by atoms with van der Waals surface area (Å²) in [5.74, 6) is 1.61. The number of benzene rings is 1. The van der Waals surface area contributed by atoms with E-state index >= 15 is 0 Å². The molecular weight excluding hydrogens is 352 g/mol. The Balaban J connectivity index is 1.79. The number of piperidine rings is 1. The summed E-state index contributed by atoms with van der Waals surface area (Å²) >= 11 is 6.22. The number of rotatable bonds is 4. The third kappa shape index (κ3) is 3.10. The molecule has 0 bridgehead atoms. The first-order valence-electron chi connectivity index (χ1n) is 8.85. The van der Waals surface area contributed by atoms with E-state index in [2.05, 4.69) is 14.9 Å². The van der Waals surface area contributed by atoms with Gasteiger partial charge in [-0.25, -0.2) is 9.97 Å². The van der Waals surface area contributed by atoms with Crippen LogP contribution >= 0.6 is 11.6 Å². The molecule has 1 aliphatic rings. The third-order valence-electron chi connectivity index (χ3n) is 4.69. The molecule has 136 valence electrons. The molecular formula is C19H21ClN4O2. The van der Waals surface area contributed by atoms with Crippen LogP contribution in [0.3, 0.4) is 0 Å². The summed E-state index contributed by atoms with van der Waals surface area (Å²) in [7, 11) is 0. The second-order valence-corrected chi connectivity index (χ2v) is 6.82. The number of halogens is 1. The Labute approximate surface area is 157 Å². The van der Waals surface area contributed by atoms with Gasteiger partial charge in [0.15, 0.2) is 11.5 Å². The molecule has 0 aliphatic carbocycles. The Morgan fingerprint density at radius 3 is 2.85 bits per heavy atom. The zero-order chi connectivity index (χ0) is 18.1. The third-order valence-corrected chi connectivity index (χ3v) is 4.93. The molecule has 0 unspecified atom stereocenters. The smallest absolute Gasteiger partial charge is 0.180 e. The van der Waals surface area contributed by atoms with Crippen molar-refractivity contribution in [1.29, 1.82) is 0 Å². The second-order valence-electron chi connectivity index (χ2n) is 6.38. The number of anilines is 1. The van der Waals surface area contributed by atoms with Gasteiger partial charge in [0.05, 0.1) is 24.6 Å². The largest absolute Gasteiger partial charge is 0.493 e. The van der Waals surface area contributed by atoms with Crippen molar-refractivity contribution in [3.63, 3.8) is 0 Å². The monoisotopic (exact) mass is 372 g/mol. The van der Waals surface area contributed by atoms with Gasteiger partial charge in [0, 0.05) is 36.1 Å². The molecule has 0 atom stereocenters. The molecule has 1 N–H and O–H groups in total. The average Bonchev–Trinajstić information content (AvgIpc) is 3.08. The summed E-state index contributed by atoms with van der Waals surface area (Å²) in [5.41, 5.74) is 2.60. The summed E-state index contributed by atoms with van der Waals surface area (Å²) in [4.78, 5) is 11.3. The van der Waals surface area contributed by atoms with E-state index in [4.69, 9.17) is 16.3 Å². The molecule has 0 spiro atoms. The molecule has 0 saturated carbocycles. The molecule has 2 aromatic heterocycles. The molecule has 1 fully saturated rings. The van der Waals surface area contributed by atoms with Crippen molar-refractivity contribution in [2.45, 2.75) is 25.9 Å². The molecule has 1 aliphatic heterocycles. The number of nitrogens with zero attached hydrogens (tertiary/aromatic N) is 4. The highest BCUT2D eigenvalue weighted by Gasteiger charge is 2.22. The summed E-state index contributed by atoms with van der Waals surface area (Å²) in [5, 5.41) is 10.4. The van der Waals surface area contributed by atoms with Crippen molar-refractivity contribution in [1.82, 2.24) is 14.4 Å². The number of hydrogen-bond donors (Lipinski definition) is 1.